The van der Waals surface area contributed by atoms with Gasteiger partial charge in [0.1, 0.15) is 11.9 Å². The maximum absolute atomic E-state index is 13.3. The Morgan fingerprint density at radius 2 is 1.94 bits per heavy atom. The number of amides is 1. The van der Waals surface area contributed by atoms with Gasteiger partial charge in [-0.15, -0.1) is 0 Å². The number of carbonyl (C=O) groups is 1. The fraction of sp³-hybridized carbons (Fsp3) is 0.407. The average Bonchev–Trinajstić information content (AvgIpc) is 3.17. The minimum absolute atomic E-state index is 0.0928. The number of aliphatic hydroxyl groups is 1. The largest absolute Gasteiger partial charge is 0.494 e. The molecule has 34 heavy (non-hydrogen) atoms. The molecule has 182 valence electrons. The Labute approximate surface area is 201 Å². The highest BCUT2D eigenvalue weighted by molar-refractivity contribution is 6.00. The van der Waals surface area contributed by atoms with Gasteiger partial charge < -0.3 is 14.6 Å². The van der Waals surface area contributed by atoms with Crippen LogP contribution in [0.3, 0.4) is 0 Å². The SMILES string of the molecule is CC(C)CNNC(=O)[C@@]1(C/C=C/c2ccccc2)N=C(c2ccc(OCCCO)cc2)O[C@H]1C. The summed E-state index contributed by atoms with van der Waals surface area (Å²) in [4.78, 5) is 18.2. The number of hydrazine groups is 1. The molecule has 0 fully saturated rings. The highest BCUT2D eigenvalue weighted by atomic mass is 16.5. The number of rotatable bonds is 12. The molecular weight excluding hydrogens is 430 g/mol. The van der Waals surface area contributed by atoms with Gasteiger partial charge in [0.15, 0.2) is 5.54 Å². The normalized spacial score (nSPS) is 19.8. The molecule has 0 saturated carbocycles. The lowest BCUT2D eigenvalue weighted by molar-refractivity contribution is -0.129. The zero-order chi connectivity index (χ0) is 24.4. The van der Waals surface area contributed by atoms with Gasteiger partial charge >= 0.3 is 0 Å². The first-order valence-corrected chi connectivity index (χ1v) is 11.8. The second kappa shape index (κ2) is 12.3. The second-order valence-corrected chi connectivity index (χ2v) is 8.80. The van der Waals surface area contributed by atoms with E-state index in [0.717, 1.165) is 11.1 Å². The van der Waals surface area contributed by atoms with Gasteiger partial charge in [0, 0.05) is 31.6 Å². The molecule has 3 rings (SSSR count). The molecule has 0 unspecified atom stereocenters. The summed E-state index contributed by atoms with van der Waals surface area (Å²) >= 11 is 0. The highest BCUT2D eigenvalue weighted by Crippen LogP contribution is 2.33. The lowest BCUT2D eigenvalue weighted by Crippen LogP contribution is -2.55. The molecule has 0 bridgehead atoms. The Morgan fingerprint density at radius 3 is 2.62 bits per heavy atom. The number of carbonyl (C=O) groups excluding carboxylic acids is 1. The van der Waals surface area contributed by atoms with E-state index in [9.17, 15) is 4.79 Å². The van der Waals surface area contributed by atoms with Crippen LogP contribution < -0.4 is 15.6 Å². The first kappa shape index (κ1) is 25.5. The van der Waals surface area contributed by atoms with E-state index < -0.39 is 11.6 Å². The maximum atomic E-state index is 13.3. The Morgan fingerprint density at radius 1 is 1.21 bits per heavy atom. The summed E-state index contributed by atoms with van der Waals surface area (Å²) in [6.45, 7) is 7.23. The van der Waals surface area contributed by atoms with Gasteiger partial charge in [-0.25, -0.2) is 10.4 Å². The minimum atomic E-state index is -1.10. The van der Waals surface area contributed by atoms with Crippen LogP contribution in [-0.4, -0.2) is 48.3 Å². The summed E-state index contributed by atoms with van der Waals surface area (Å²) in [5.41, 5.74) is 6.59. The predicted molar refractivity (Wildman–Crippen MR) is 135 cm³/mol. The Hall–Kier alpha value is -3.16. The molecule has 2 aromatic carbocycles. The molecule has 1 heterocycles. The third-order valence-electron chi connectivity index (χ3n) is 5.58. The Bertz CT molecular complexity index is 973. The number of aliphatic imine (C=N–C) groups is 1. The van der Waals surface area contributed by atoms with E-state index in [-0.39, 0.29) is 12.5 Å². The molecule has 3 N–H and O–H groups in total. The standard InChI is InChI=1S/C27H35N3O4/c1-20(2)19-28-30-26(32)27(16-7-11-22-9-5-4-6-10-22)21(3)34-25(29-27)23-12-14-24(15-13-23)33-18-8-17-31/h4-7,9-15,20-21,28,31H,8,16-19H2,1-3H3,(H,30,32)/b11-7+/t21-,27-/m0/s1. The van der Waals surface area contributed by atoms with Crippen molar-refractivity contribution in [2.24, 2.45) is 10.9 Å². The average molecular weight is 466 g/mol. The maximum Gasteiger partial charge on any atom is 0.266 e. The van der Waals surface area contributed by atoms with Gasteiger partial charge in [0.2, 0.25) is 5.90 Å². The zero-order valence-corrected chi connectivity index (χ0v) is 20.2. The molecular formula is C27H35N3O4. The first-order chi connectivity index (χ1) is 16.4. The van der Waals surface area contributed by atoms with Gasteiger partial charge in [-0.05, 0) is 42.7 Å². The van der Waals surface area contributed by atoms with Crippen molar-refractivity contribution in [3.63, 3.8) is 0 Å². The molecule has 7 nitrogen and oxygen atoms in total. The van der Waals surface area contributed by atoms with Gasteiger partial charge in [-0.3, -0.25) is 10.2 Å². The quantitative estimate of drug-likeness (QED) is 0.328. The van der Waals surface area contributed by atoms with E-state index >= 15 is 0 Å². The number of aliphatic hydroxyl groups excluding tert-OH is 1. The molecule has 0 saturated heterocycles. The molecule has 1 aliphatic heterocycles. The Kier molecular flexibility index (Phi) is 9.24. The van der Waals surface area contributed by atoms with Crippen LogP contribution in [0.25, 0.3) is 6.08 Å². The lowest BCUT2D eigenvalue weighted by atomic mass is 9.89. The third-order valence-corrected chi connectivity index (χ3v) is 5.58. The summed E-state index contributed by atoms with van der Waals surface area (Å²) in [5, 5.41) is 8.90. The van der Waals surface area contributed by atoms with Crippen molar-refractivity contribution < 1.29 is 19.4 Å². The van der Waals surface area contributed by atoms with E-state index in [4.69, 9.17) is 19.6 Å². The monoisotopic (exact) mass is 465 g/mol. The van der Waals surface area contributed by atoms with E-state index in [1.807, 2.05) is 73.7 Å². The van der Waals surface area contributed by atoms with Crippen LogP contribution in [0.1, 0.15) is 44.7 Å². The number of benzene rings is 2. The summed E-state index contributed by atoms with van der Waals surface area (Å²) in [6, 6.07) is 17.4. The molecule has 7 heteroatoms. The van der Waals surface area contributed by atoms with E-state index in [1.54, 1.807) is 0 Å². The summed E-state index contributed by atoms with van der Waals surface area (Å²) in [7, 11) is 0. The smallest absolute Gasteiger partial charge is 0.266 e. The zero-order valence-electron chi connectivity index (χ0n) is 20.2. The van der Waals surface area contributed by atoms with E-state index in [0.29, 0.717) is 43.6 Å². The van der Waals surface area contributed by atoms with Crippen molar-refractivity contribution in [1.29, 1.82) is 0 Å². The molecule has 0 aromatic heterocycles. The van der Waals surface area contributed by atoms with Crippen LogP contribution in [0.4, 0.5) is 0 Å². The van der Waals surface area contributed by atoms with Gasteiger partial charge in [0.25, 0.3) is 5.91 Å². The van der Waals surface area contributed by atoms with Crippen molar-refractivity contribution in [2.45, 2.75) is 45.3 Å². The van der Waals surface area contributed by atoms with Crippen LogP contribution in [0, 0.1) is 5.92 Å². The number of nitrogens with zero attached hydrogens (tertiary/aromatic N) is 1. The number of hydrogen-bond donors (Lipinski definition) is 3. The summed E-state index contributed by atoms with van der Waals surface area (Å²) < 4.78 is 11.7. The van der Waals surface area contributed by atoms with Crippen LogP contribution in [0.5, 0.6) is 5.75 Å². The summed E-state index contributed by atoms with van der Waals surface area (Å²) in [6.07, 6.45) is 4.49. The molecule has 2 atom stereocenters. The van der Waals surface area contributed by atoms with E-state index in [1.165, 1.54) is 0 Å². The lowest BCUT2D eigenvalue weighted by Gasteiger charge is -2.27. The molecule has 2 aromatic rings. The third kappa shape index (κ3) is 6.68. The van der Waals surface area contributed by atoms with Crippen molar-refractivity contribution in [3.05, 3.63) is 71.8 Å². The molecule has 0 spiro atoms. The topological polar surface area (TPSA) is 92.2 Å². The second-order valence-electron chi connectivity index (χ2n) is 8.80. The minimum Gasteiger partial charge on any atom is -0.494 e. The predicted octanol–water partition coefficient (Wildman–Crippen LogP) is 3.73. The fourth-order valence-electron chi connectivity index (χ4n) is 3.57. The van der Waals surface area contributed by atoms with Crippen LogP contribution in [0.2, 0.25) is 0 Å². The van der Waals surface area contributed by atoms with Crippen molar-refractivity contribution in [2.75, 3.05) is 19.8 Å². The van der Waals surface area contributed by atoms with Crippen molar-refractivity contribution in [1.82, 2.24) is 10.9 Å². The molecule has 1 aliphatic rings. The fourth-order valence-corrected chi connectivity index (χ4v) is 3.57. The van der Waals surface area contributed by atoms with Crippen LogP contribution in [-0.2, 0) is 9.53 Å². The first-order valence-electron chi connectivity index (χ1n) is 11.8. The van der Waals surface area contributed by atoms with Gasteiger partial charge in [0.05, 0.1) is 6.61 Å². The van der Waals surface area contributed by atoms with Crippen molar-refractivity contribution in [3.8, 4) is 5.75 Å². The van der Waals surface area contributed by atoms with Gasteiger partial charge in [-0.1, -0.05) is 56.3 Å². The molecule has 0 aliphatic carbocycles. The van der Waals surface area contributed by atoms with Crippen molar-refractivity contribution >= 4 is 17.9 Å². The molecule has 0 radical (unpaired) electrons. The molecule has 1 amide bonds. The highest BCUT2D eigenvalue weighted by Gasteiger charge is 2.49. The van der Waals surface area contributed by atoms with Crippen LogP contribution >= 0.6 is 0 Å². The Balaban J connectivity index is 1.81. The van der Waals surface area contributed by atoms with Crippen LogP contribution in [0.15, 0.2) is 65.7 Å². The number of hydrogen-bond acceptors (Lipinski definition) is 6. The summed E-state index contributed by atoms with van der Waals surface area (Å²) in [5.74, 6) is 1.30. The van der Waals surface area contributed by atoms with E-state index in [2.05, 4.69) is 24.7 Å². The van der Waals surface area contributed by atoms with Gasteiger partial charge in [-0.2, -0.15) is 0 Å². The number of nitrogens with one attached hydrogen (secondary N) is 2. The number of ether oxygens (including phenoxy) is 2.